The summed E-state index contributed by atoms with van der Waals surface area (Å²) < 4.78 is 5.74. The first-order chi connectivity index (χ1) is 10.4. The highest BCUT2D eigenvalue weighted by molar-refractivity contribution is 6.42. The Hall–Kier alpha value is -1.71. The average molecular weight is 338 g/mol. The molecule has 0 fully saturated rings. The van der Waals surface area contributed by atoms with Crippen molar-refractivity contribution in [1.82, 2.24) is 0 Å². The van der Waals surface area contributed by atoms with E-state index < -0.39 is 6.10 Å². The van der Waals surface area contributed by atoms with Gasteiger partial charge in [0.05, 0.1) is 10.0 Å². The fourth-order valence-electron chi connectivity index (χ4n) is 1.90. The maximum absolute atomic E-state index is 12.2. The van der Waals surface area contributed by atoms with Gasteiger partial charge in [-0.25, -0.2) is 0 Å². The number of halogens is 2. The molecule has 1 amide bonds. The number of anilines is 1. The number of benzene rings is 2. The number of hydrogen-bond acceptors (Lipinski definition) is 2. The van der Waals surface area contributed by atoms with Crippen molar-refractivity contribution in [2.45, 2.75) is 26.9 Å². The maximum Gasteiger partial charge on any atom is 0.265 e. The molecule has 2 aromatic rings. The Kier molecular flexibility index (Phi) is 5.33. The van der Waals surface area contributed by atoms with Crippen LogP contribution in [0.5, 0.6) is 5.75 Å². The molecule has 1 unspecified atom stereocenters. The van der Waals surface area contributed by atoms with Gasteiger partial charge in [0.15, 0.2) is 6.10 Å². The number of ether oxygens (including phenoxy) is 1. The Morgan fingerprint density at radius 1 is 1.09 bits per heavy atom. The predicted molar refractivity (Wildman–Crippen MR) is 91.1 cm³/mol. The lowest BCUT2D eigenvalue weighted by Crippen LogP contribution is -2.30. The molecule has 0 bridgehead atoms. The molecule has 5 heteroatoms. The first kappa shape index (κ1) is 16.7. The van der Waals surface area contributed by atoms with E-state index in [1.165, 1.54) is 0 Å². The van der Waals surface area contributed by atoms with Crippen LogP contribution >= 0.6 is 23.2 Å². The fourth-order valence-corrected chi connectivity index (χ4v) is 2.19. The van der Waals surface area contributed by atoms with E-state index in [0.717, 1.165) is 11.1 Å². The molecular formula is C17H17Cl2NO2. The second-order valence-corrected chi connectivity index (χ2v) is 5.96. The van der Waals surface area contributed by atoms with Crippen molar-refractivity contribution >= 4 is 34.8 Å². The number of nitrogens with one attached hydrogen (secondary N) is 1. The first-order valence-electron chi connectivity index (χ1n) is 6.86. The largest absolute Gasteiger partial charge is 0.481 e. The molecule has 0 aliphatic carbocycles. The van der Waals surface area contributed by atoms with Crippen LogP contribution in [0.2, 0.25) is 10.0 Å². The van der Waals surface area contributed by atoms with Crippen LogP contribution in [0.4, 0.5) is 5.69 Å². The molecular weight excluding hydrogens is 321 g/mol. The lowest BCUT2D eigenvalue weighted by molar-refractivity contribution is -0.122. The molecule has 1 atom stereocenters. The van der Waals surface area contributed by atoms with Gasteiger partial charge in [-0.05, 0) is 56.2 Å². The van der Waals surface area contributed by atoms with Gasteiger partial charge in [-0.2, -0.15) is 0 Å². The van der Waals surface area contributed by atoms with E-state index in [-0.39, 0.29) is 5.91 Å². The van der Waals surface area contributed by atoms with E-state index in [1.807, 2.05) is 32.0 Å². The van der Waals surface area contributed by atoms with Gasteiger partial charge in [0, 0.05) is 5.69 Å². The Balaban J connectivity index is 2.05. The van der Waals surface area contributed by atoms with Crippen molar-refractivity contribution in [2.24, 2.45) is 0 Å². The second kappa shape index (κ2) is 7.03. The number of hydrogen-bond donors (Lipinski definition) is 1. The summed E-state index contributed by atoms with van der Waals surface area (Å²) in [6.07, 6.45) is -0.630. The summed E-state index contributed by atoms with van der Waals surface area (Å²) in [5, 5.41) is 3.59. The lowest BCUT2D eigenvalue weighted by Gasteiger charge is -2.17. The Morgan fingerprint density at radius 3 is 2.50 bits per heavy atom. The van der Waals surface area contributed by atoms with Crippen LogP contribution < -0.4 is 10.1 Å². The number of rotatable bonds is 4. The highest BCUT2D eigenvalue weighted by atomic mass is 35.5. The van der Waals surface area contributed by atoms with Crippen molar-refractivity contribution < 1.29 is 9.53 Å². The van der Waals surface area contributed by atoms with E-state index in [4.69, 9.17) is 27.9 Å². The molecule has 3 nitrogen and oxygen atoms in total. The van der Waals surface area contributed by atoms with Gasteiger partial charge in [0.2, 0.25) is 0 Å². The summed E-state index contributed by atoms with van der Waals surface area (Å²) >= 11 is 11.8. The Labute approximate surface area is 140 Å². The number of amides is 1. The molecule has 22 heavy (non-hydrogen) atoms. The number of carbonyl (C=O) groups excluding carboxylic acids is 1. The van der Waals surface area contributed by atoms with Crippen molar-refractivity contribution in [3.05, 3.63) is 57.6 Å². The summed E-state index contributed by atoms with van der Waals surface area (Å²) in [5.41, 5.74) is 2.65. The van der Waals surface area contributed by atoms with Crippen molar-refractivity contribution in [3.63, 3.8) is 0 Å². The molecule has 0 heterocycles. The Morgan fingerprint density at radius 2 is 1.82 bits per heavy atom. The SMILES string of the molecule is Cc1ccc(C)c(OC(C)C(=O)Nc2ccc(Cl)c(Cl)c2)c1. The molecule has 0 radical (unpaired) electrons. The minimum Gasteiger partial charge on any atom is -0.481 e. The minimum atomic E-state index is -0.630. The van der Waals surface area contributed by atoms with Gasteiger partial charge >= 0.3 is 0 Å². The lowest BCUT2D eigenvalue weighted by atomic mass is 10.1. The predicted octanol–water partition coefficient (Wildman–Crippen LogP) is 5.02. The quantitative estimate of drug-likeness (QED) is 0.850. The van der Waals surface area contributed by atoms with Crippen LogP contribution in [-0.4, -0.2) is 12.0 Å². The highest BCUT2D eigenvalue weighted by Gasteiger charge is 2.16. The molecule has 0 saturated heterocycles. The van der Waals surface area contributed by atoms with Gasteiger partial charge in [0.25, 0.3) is 5.91 Å². The van der Waals surface area contributed by atoms with Crippen LogP contribution in [0.15, 0.2) is 36.4 Å². The topological polar surface area (TPSA) is 38.3 Å². The number of aryl methyl sites for hydroxylation is 2. The fraction of sp³-hybridized carbons (Fsp3) is 0.235. The summed E-state index contributed by atoms with van der Waals surface area (Å²) in [6.45, 7) is 5.62. The molecule has 0 spiro atoms. The monoisotopic (exact) mass is 337 g/mol. The molecule has 0 aliphatic heterocycles. The van der Waals surface area contributed by atoms with Gasteiger partial charge in [-0.1, -0.05) is 35.3 Å². The molecule has 116 valence electrons. The summed E-state index contributed by atoms with van der Waals surface area (Å²) in [7, 11) is 0. The van der Waals surface area contributed by atoms with Crippen molar-refractivity contribution in [2.75, 3.05) is 5.32 Å². The summed E-state index contributed by atoms with van der Waals surface area (Å²) in [4.78, 5) is 12.2. The molecule has 0 aromatic heterocycles. The Bertz CT molecular complexity index is 701. The smallest absolute Gasteiger partial charge is 0.265 e. The van der Waals surface area contributed by atoms with Crippen LogP contribution in [0.25, 0.3) is 0 Å². The van der Waals surface area contributed by atoms with E-state index in [0.29, 0.717) is 21.5 Å². The normalized spacial score (nSPS) is 11.9. The van der Waals surface area contributed by atoms with Crippen LogP contribution in [-0.2, 0) is 4.79 Å². The van der Waals surface area contributed by atoms with Crippen LogP contribution in [0.1, 0.15) is 18.1 Å². The summed E-state index contributed by atoms with van der Waals surface area (Å²) in [6, 6.07) is 10.8. The van der Waals surface area contributed by atoms with Gasteiger partial charge in [-0.15, -0.1) is 0 Å². The zero-order chi connectivity index (χ0) is 16.3. The van der Waals surface area contributed by atoms with E-state index >= 15 is 0 Å². The van der Waals surface area contributed by atoms with Gasteiger partial charge in [-0.3, -0.25) is 4.79 Å². The zero-order valence-corrected chi connectivity index (χ0v) is 14.1. The molecule has 1 N–H and O–H groups in total. The van der Waals surface area contributed by atoms with Crippen molar-refractivity contribution in [3.8, 4) is 5.75 Å². The van der Waals surface area contributed by atoms with Gasteiger partial charge in [0.1, 0.15) is 5.75 Å². The minimum absolute atomic E-state index is 0.251. The molecule has 2 rings (SSSR count). The third-order valence-electron chi connectivity index (χ3n) is 3.20. The molecule has 0 aliphatic rings. The van der Waals surface area contributed by atoms with Crippen LogP contribution in [0.3, 0.4) is 0 Å². The summed E-state index contributed by atoms with van der Waals surface area (Å²) in [5.74, 6) is 0.455. The van der Waals surface area contributed by atoms with E-state index in [1.54, 1.807) is 25.1 Å². The third-order valence-corrected chi connectivity index (χ3v) is 3.94. The third kappa shape index (κ3) is 4.15. The standard InChI is InChI=1S/C17H17Cl2NO2/c1-10-4-5-11(2)16(8-10)22-12(3)17(21)20-13-6-7-14(18)15(19)9-13/h4-9,12H,1-3H3,(H,20,21). The highest BCUT2D eigenvalue weighted by Crippen LogP contribution is 2.25. The molecule has 0 saturated carbocycles. The van der Waals surface area contributed by atoms with Gasteiger partial charge < -0.3 is 10.1 Å². The number of carbonyl (C=O) groups is 1. The van der Waals surface area contributed by atoms with E-state index in [9.17, 15) is 4.79 Å². The zero-order valence-electron chi connectivity index (χ0n) is 12.6. The van der Waals surface area contributed by atoms with E-state index in [2.05, 4.69) is 5.32 Å². The maximum atomic E-state index is 12.2. The molecule has 2 aromatic carbocycles. The van der Waals surface area contributed by atoms with Crippen LogP contribution in [0, 0.1) is 13.8 Å². The van der Waals surface area contributed by atoms with Crippen molar-refractivity contribution in [1.29, 1.82) is 0 Å². The first-order valence-corrected chi connectivity index (χ1v) is 7.62. The average Bonchev–Trinajstić information content (AvgIpc) is 2.46. The second-order valence-electron chi connectivity index (χ2n) is 5.15.